The first-order valence-corrected chi connectivity index (χ1v) is 5.13. The van der Waals surface area contributed by atoms with E-state index in [9.17, 15) is 4.79 Å². The van der Waals surface area contributed by atoms with Gasteiger partial charge in [-0.3, -0.25) is 0 Å². The van der Waals surface area contributed by atoms with Crippen molar-refractivity contribution >= 4 is 5.97 Å². The zero-order valence-electron chi connectivity index (χ0n) is 8.55. The molecular weight excluding hydrogens is 204 g/mol. The molecule has 1 aromatic rings. The SMILES string of the molecule is O=C1Oc2ccccc2CC12C=CC=CO2. The van der Waals surface area contributed by atoms with E-state index < -0.39 is 5.60 Å². The first-order chi connectivity index (χ1) is 7.80. The Kier molecular flexibility index (Phi) is 1.86. The van der Waals surface area contributed by atoms with E-state index in [0.29, 0.717) is 12.2 Å². The number of rotatable bonds is 0. The minimum atomic E-state index is -0.969. The molecule has 3 nitrogen and oxygen atoms in total. The molecule has 1 atom stereocenters. The number of ether oxygens (including phenoxy) is 2. The van der Waals surface area contributed by atoms with Crippen LogP contribution in [-0.4, -0.2) is 11.6 Å². The Morgan fingerprint density at radius 2 is 2.06 bits per heavy atom. The second kappa shape index (κ2) is 3.23. The molecule has 2 aliphatic rings. The van der Waals surface area contributed by atoms with Crippen molar-refractivity contribution in [1.82, 2.24) is 0 Å². The van der Waals surface area contributed by atoms with Gasteiger partial charge in [-0.05, 0) is 23.8 Å². The molecule has 0 radical (unpaired) electrons. The van der Waals surface area contributed by atoms with Gasteiger partial charge < -0.3 is 9.47 Å². The van der Waals surface area contributed by atoms with Gasteiger partial charge in [0, 0.05) is 6.42 Å². The van der Waals surface area contributed by atoms with Crippen molar-refractivity contribution in [1.29, 1.82) is 0 Å². The van der Waals surface area contributed by atoms with Crippen LogP contribution in [0.3, 0.4) is 0 Å². The fourth-order valence-corrected chi connectivity index (χ4v) is 1.96. The third-order valence-electron chi connectivity index (χ3n) is 2.81. The molecule has 0 amide bonds. The number of esters is 1. The molecule has 0 bridgehead atoms. The Morgan fingerprint density at radius 1 is 1.19 bits per heavy atom. The highest BCUT2D eigenvalue weighted by Crippen LogP contribution is 2.34. The van der Waals surface area contributed by atoms with Crippen LogP contribution in [0.15, 0.2) is 48.8 Å². The Morgan fingerprint density at radius 3 is 2.88 bits per heavy atom. The van der Waals surface area contributed by atoms with Crippen LogP contribution in [0, 0.1) is 0 Å². The van der Waals surface area contributed by atoms with Crippen molar-refractivity contribution in [3.05, 3.63) is 54.3 Å². The summed E-state index contributed by atoms with van der Waals surface area (Å²) >= 11 is 0. The van der Waals surface area contributed by atoms with Crippen molar-refractivity contribution in [2.24, 2.45) is 0 Å². The predicted molar refractivity (Wildman–Crippen MR) is 57.9 cm³/mol. The Bertz CT molecular complexity index is 502. The van der Waals surface area contributed by atoms with E-state index in [1.54, 1.807) is 24.3 Å². The monoisotopic (exact) mass is 214 g/mol. The number of carbonyl (C=O) groups excluding carboxylic acids is 1. The lowest BCUT2D eigenvalue weighted by Crippen LogP contribution is -2.47. The first kappa shape index (κ1) is 9.21. The molecular formula is C13H10O3. The highest BCUT2D eigenvalue weighted by atomic mass is 16.6. The first-order valence-electron chi connectivity index (χ1n) is 5.13. The summed E-state index contributed by atoms with van der Waals surface area (Å²) in [5, 5.41) is 0. The van der Waals surface area contributed by atoms with Crippen LogP contribution in [0.5, 0.6) is 5.75 Å². The largest absolute Gasteiger partial charge is 0.479 e. The van der Waals surface area contributed by atoms with Gasteiger partial charge in [-0.2, -0.15) is 0 Å². The van der Waals surface area contributed by atoms with Crippen LogP contribution in [0.2, 0.25) is 0 Å². The molecule has 1 aromatic carbocycles. The Hall–Kier alpha value is -2.03. The van der Waals surface area contributed by atoms with E-state index in [1.807, 2.05) is 18.2 Å². The summed E-state index contributed by atoms with van der Waals surface area (Å²) in [5.41, 5.74) is 0.0189. The maximum atomic E-state index is 11.9. The van der Waals surface area contributed by atoms with Crippen molar-refractivity contribution in [2.45, 2.75) is 12.0 Å². The molecule has 3 rings (SSSR count). The van der Waals surface area contributed by atoms with E-state index in [4.69, 9.17) is 9.47 Å². The molecule has 1 unspecified atom stereocenters. The van der Waals surface area contributed by atoms with Crippen LogP contribution in [0.1, 0.15) is 5.56 Å². The van der Waals surface area contributed by atoms with Crippen molar-refractivity contribution in [2.75, 3.05) is 0 Å². The Balaban J connectivity index is 2.04. The Labute approximate surface area is 93.0 Å². The average Bonchev–Trinajstić information content (AvgIpc) is 2.32. The highest BCUT2D eigenvalue weighted by Gasteiger charge is 2.44. The maximum Gasteiger partial charge on any atom is 0.360 e. The lowest BCUT2D eigenvalue weighted by molar-refractivity contribution is -0.153. The minimum absolute atomic E-state index is 0.355. The topological polar surface area (TPSA) is 35.5 Å². The van der Waals surface area contributed by atoms with E-state index in [-0.39, 0.29) is 5.97 Å². The van der Waals surface area contributed by atoms with Crippen LogP contribution >= 0.6 is 0 Å². The summed E-state index contributed by atoms with van der Waals surface area (Å²) in [6.07, 6.45) is 7.33. The number of benzene rings is 1. The fourth-order valence-electron chi connectivity index (χ4n) is 1.96. The quantitative estimate of drug-likeness (QED) is 0.489. The molecule has 0 N–H and O–H groups in total. The van der Waals surface area contributed by atoms with Gasteiger partial charge in [-0.15, -0.1) is 0 Å². The zero-order chi connectivity index (χ0) is 11.0. The average molecular weight is 214 g/mol. The second-order valence-corrected chi connectivity index (χ2v) is 3.87. The highest BCUT2D eigenvalue weighted by molar-refractivity contribution is 5.87. The van der Waals surface area contributed by atoms with Crippen LogP contribution < -0.4 is 4.74 Å². The van der Waals surface area contributed by atoms with Gasteiger partial charge in [0.1, 0.15) is 5.75 Å². The van der Waals surface area contributed by atoms with Crippen LogP contribution in [-0.2, 0) is 16.0 Å². The summed E-state index contributed by atoms with van der Waals surface area (Å²) in [6, 6.07) is 7.51. The van der Waals surface area contributed by atoms with Crippen LogP contribution in [0.4, 0.5) is 0 Å². The third-order valence-corrected chi connectivity index (χ3v) is 2.81. The summed E-state index contributed by atoms with van der Waals surface area (Å²) in [6.45, 7) is 0. The van der Waals surface area contributed by atoms with Crippen molar-refractivity contribution < 1.29 is 14.3 Å². The van der Waals surface area contributed by atoms with E-state index in [1.165, 1.54) is 6.26 Å². The molecule has 2 aliphatic heterocycles. The number of allylic oxidation sites excluding steroid dienone is 2. The molecule has 0 saturated carbocycles. The second-order valence-electron chi connectivity index (χ2n) is 3.87. The summed E-state index contributed by atoms with van der Waals surface area (Å²) < 4.78 is 10.7. The number of hydrogen-bond donors (Lipinski definition) is 0. The van der Waals surface area contributed by atoms with Gasteiger partial charge >= 0.3 is 5.97 Å². The molecule has 16 heavy (non-hydrogen) atoms. The van der Waals surface area contributed by atoms with E-state index in [0.717, 1.165) is 5.56 Å². The summed E-state index contributed by atoms with van der Waals surface area (Å²) in [4.78, 5) is 11.9. The van der Waals surface area contributed by atoms with Gasteiger partial charge in [0.25, 0.3) is 0 Å². The molecule has 3 heteroatoms. The van der Waals surface area contributed by atoms with Gasteiger partial charge in [0.15, 0.2) is 0 Å². The zero-order valence-corrected chi connectivity index (χ0v) is 8.55. The van der Waals surface area contributed by atoms with Gasteiger partial charge in [0.2, 0.25) is 5.60 Å². The van der Waals surface area contributed by atoms with E-state index >= 15 is 0 Å². The number of fused-ring (bicyclic) bond motifs is 1. The molecule has 0 fully saturated rings. The normalized spacial score (nSPS) is 26.1. The molecule has 80 valence electrons. The third kappa shape index (κ3) is 1.25. The molecule has 0 aliphatic carbocycles. The van der Waals surface area contributed by atoms with Crippen molar-refractivity contribution in [3.63, 3.8) is 0 Å². The molecule has 0 saturated heterocycles. The lowest BCUT2D eigenvalue weighted by atomic mass is 9.90. The number of para-hydroxylation sites is 1. The lowest BCUT2D eigenvalue weighted by Gasteiger charge is -2.33. The maximum absolute atomic E-state index is 11.9. The minimum Gasteiger partial charge on any atom is -0.479 e. The van der Waals surface area contributed by atoms with Crippen LogP contribution in [0.25, 0.3) is 0 Å². The standard InChI is InChI=1S/C13H10O3/c14-12-13(7-3-4-8-15-13)9-10-5-1-2-6-11(10)16-12/h1-8H,9H2. The number of hydrogen-bond acceptors (Lipinski definition) is 3. The molecule has 1 spiro atoms. The molecule has 2 heterocycles. The predicted octanol–water partition coefficient (Wildman–Crippen LogP) is 1.99. The summed E-state index contributed by atoms with van der Waals surface area (Å²) in [7, 11) is 0. The van der Waals surface area contributed by atoms with Crippen molar-refractivity contribution in [3.8, 4) is 5.75 Å². The van der Waals surface area contributed by atoms with Gasteiger partial charge in [0.05, 0.1) is 6.26 Å². The fraction of sp³-hybridized carbons (Fsp3) is 0.154. The summed E-state index contributed by atoms with van der Waals surface area (Å²) in [5.74, 6) is 0.275. The number of carbonyl (C=O) groups is 1. The smallest absolute Gasteiger partial charge is 0.360 e. The molecule has 0 aromatic heterocycles. The van der Waals surface area contributed by atoms with Gasteiger partial charge in [-0.25, -0.2) is 4.79 Å². The van der Waals surface area contributed by atoms with E-state index in [2.05, 4.69) is 0 Å². The van der Waals surface area contributed by atoms with Gasteiger partial charge in [-0.1, -0.05) is 24.3 Å².